The summed E-state index contributed by atoms with van der Waals surface area (Å²) in [6.07, 6.45) is 0. The Bertz CT molecular complexity index is 1430. The van der Waals surface area contributed by atoms with Gasteiger partial charge in [0.25, 0.3) is 0 Å². The molecule has 2 aliphatic rings. The zero-order valence-electron chi connectivity index (χ0n) is 19.0. The number of allylic oxidation sites excluding steroid dienone is 2. The van der Waals surface area contributed by atoms with Crippen molar-refractivity contribution in [2.75, 3.05) is 7.11 Å². The van der Waals surface area contributed by atoms with Crippen molar-refractivity contribution >= 4 is 33.4 Å². The first-order valence-electron chi connectivity index (χ1n) is 11.0. The van der Waals surface area contributed by atoms with Crippen LogP contribution in [0.4, 0.5) is 4.39 Å². The molecule has 1 aliphatic carbocycles. The average molecular weight is 534 g/mol. The lowest BCUT2D eigenvalue weighted by Gasteiger charge is -2.29. The van der Waals surface area contributed by atoms with Crippen molar-refractivity contribution < 1.29 is 23.5 Å². The van der Waals surface area contributed by atoms with Crippen LogP contribution in [0.5, 0.6) is 5.75 Å². The number of carbonyl (C=O) groups is 2. The van der Waals surface area contributed by atoms with Gasteiger partial charge in [-0.1, -0.05) is 42.5 Å². The molecule has 0 fully saturated rings. The molecule has 0 bridgehead atoms. The van der Waals surface area contributed by atoms with Crippen molar-refractivity contribution in [1.29, 1.82) is 0 Å². The number of methoxy groups -OCH3 is 1. The normalized spacial score (nSPS) is 16.6. The molecule has 0 radical (unpaired) electrons. The predicted molar refractivity (Wildman–Crippen MR) is 133 cm³/mol. The molecule has 0 saturated carbocycles. The second-order valence-corrected chi connectivity index (χ2v) is 9.21. The van der Waals surface area contributed by atoms with Crippen molar-refractivity contribution in [1.82, 2.24) is 5.32 Å². The van der Waals surface area contributed by atoms with E-state index >= 15 is 0 Å². The molecule has 3 aromatic rings. The zero-order valence-corrected chi connectivity index (χ0v) is 20.6. The van der Waals surface area contributed by atoms with Crippen molar-refractivity contribution in [3.8, 4) is 5.75 Å². The highest BCUT2D eigenvalue weighted by atomic mass is 79.9. The second-order valence-electron chi connectivity index (χ2n) is 8.36. The lowest BCUT2D eigenvalue weighted by Crippen LogP contribution is -2.29. The highest BCUT2D eigenvalue weighted by Crippen LogP contribution is 2.47. The molecule has 0 saturated heterocycles. The third-order valence-electron chi connectivity index (χ3n) is 6.25. The Labute approximate surface area is 210 Å². The van der Waals surface area contributed by atoms with E-state index in [2.05, 4.69) is 21.2 Å². The van der Waals surface area contributed by atoms with Gasteiger partial charge < -0.3 is 14.8 Å². The number of benzene rings is 3. The third kappa shape index (κ3) is 4.06. The van der Waals surface area contributed by atoms with E-state index in [4.69, 9.17) is 9.47 Å². The third-order valence-corrected chi connectivity index (χ3v) is 6.87. The molecule has 3 aromatic carbocycles. The number of hydrogen-bond acceptors (Lipinski definition) is 5. The van der Waals surface area contributed by atoms with E-state index in [0.29, 0.717) is 38.3 Å². The van der Waals surface area contributed by atoms with Crippen LogP contribution < -0.4 is 10.1 Å². The summed E-state index contributed by atoms with van der Waals surface area (Å²) in [5, 5.41) is 3.27. The highest BCUT2D eigenvalue weighted by Gasteiger charge is 2.42. The minimum Gasteiger partial charge on any atom is -0.488 e. The van der Waals surface area contributed by atoms with Crippen LogP contribution in [0.3, 0.4) is 0 Å². The smallest absolute Gasteiger partial charge is 0.336 e. The lowest BCUT2D eigenvalue weighted by molar-refractivity contribution is -0.136. The Kier molecular flexibility index (Phi) is 6.03. The van der Waals surface area contributed by atoms with Gasteiger partial charge in [0.15, 0.2) is 5.78 Å². The van der Waals surface area contributed by atoms with Gasteiger partial charge in [-0.25, -0.2) is 9.18 Å². The van der Waals surface area contributed by atoms with Gasteiger partial charge in [0.05, 0.1) is 22.9 Å². The number of nitrogens with one attached hydrogen (secondary N) is 1. The molecule has 1 atom stereocenters. The monoisotopic (exact) mass is 533 g/mol. The van der Waals surface area contributed by atoms with Gasteiger partial charge in [-0.05, 0) is 58.2 Å². The van der Waals surface area contributed by atoms with Crippen molar-refractivity contribution in [2.45, 2.75) is 19.4 Å². The standard InChI is InChI=1S/C28H21BrFNO4/c1-15-23(28(33)34-2)24(25-26(31-15)19-5-3-4-6-20(19)27(25)32)17-9-12-22(21(29)13-17)35-14-16-7-10-18(30)11-8-16/h3-13,24,31H,14H2,1-2H3/t24-/m1/s1. The summed E-state index contributed by atoms with van der Waals surface area (Å²) in [5.41, 5.74) is 5.26. The van der Waals surface area contributed by atoms with Gasteiger partial charge in [0, 0.05) is 28.3 Å². The molecule has 176 valence electrons. The molecule has 5 nitrogen and oxygen atoms in total. The first-order valence-corrected chi connectivity index (χ1v) is 11.8. The van der Waals surface area contributed by atoms with Gasteiger partial charge >= 0.3 is 5.97 Å². The molecular weight excluding hydrogens is 513 g/mol. The lowest BCUT2D eigenvalue weighted by atomic mass is 9.80. The van der Waals surface area contributed by atoms with E-state index in [1.54, 1.807) is 24.3 Å². The molecule has 0 spiro atoms. The number of Topliss-reactive ketones (excluding diaryl/α,β-unsaturated/α-hetero) is 1. The molecule has 0 amide bonds. The molecule has 1 N–H and O–H groups in total. The maximum Gasteiger partial charge on any atom is 0.336 e. The number of hydrogen-bond donors (Lipinski definition) is 1. The Morgan fingerprint density at radius 2 is 1.77 bits per heavy atom. The van der Waals surface area contributed by atoms with Crippen LogP contribution in [0.15, 0.2) is 88.0 Å². The Balaban J connectivity index is 1.53. The summed E-state index contributed by atoms with van der Waals surface area (Å²) in [6.45, 7) is 2.07. The first-order chi connectivity index (χ1) is 16.9. The van der Waals surface area contributed by atoms with Crippen LogP contribution in [-0.4, -0.2) is 18.9 Å². The van der Waals surface area contributed by atoms with Crippen LogP contribution in [0.2, 0.25) is 0 Å². The molecule has 0 aromatic heterocycles. The molecule has 1 aliphatic heterocycles. The summed E-state index contributed by atoms with van der Waals surface area (Å²) < 4.78 is 24.8. The van der Waals surface area contributed by atoms with E-state index in [1.807, 2.05) is 37.3 Å². The van der Waals surface area contributed by atoms with Crippen LogP contribution >= 0.6 is 15.9 Å². The van der Waals surface area contributed by atoms with Crippen molar-refractivity contribution in [2.24, 2.45) is 0 Å². The molecule has 35 heavy (non-hydrogen) atoms. The molecular formula is C28H21BrFNO4. The quantitative estimate of drug-likeness (QED) is 0.413. The van der Waals surface area contributed by atoms with E-state index in [0.717, 1.165) is 16.7 Å². The number of fused-ring (bicyclic) bond motifs is 2. The maximum atomic E-state index is 13.5. The second kappa shape index (κ2) is 9.15. The van der Waals surface area contributed by atoms with Crippen LogP contribution in [-0.2, 0) is 16.1 Å². The Morgan fingerprint density at radius 1 is 1.06 bits per heavy atom. The molecule has 5 rings (SSSR count). The number of carbonyl (C=O) groups excluding carboxylic acids is 2. The average Bonchev–Trinajstić information content (AvgIpc) is 3.14. The summed E-state index contributed by atoms with van der Waals surface area (Å²) in [4.78, 5) is 26.3. The minimum absolute atomic E-state index is 0.116. The number of ketones is 1. The number of esters is 1. The topological polar surface area (TPSA) is 64.6 Å². The fraction of sp³-hybridized carbons (Fsp3) is 0.143. The Hall–Kier alpha value is -3.71. The number of ether oxygens (including phenoxy) is 2. The van der Waals surface area contributed by atoms with Crippen molar-refractivity contribution in [3.63, 3.8) is 0 Å². The highest BCUT2D eigenvalue weighted by molar-refractivity contribution is 9.10. The van der Waals surface area contributed by atoms with Gasteiger partial charge in [0.2, 0.25) is 0 Å². The number of dihydropyridines is 1. The van der Waals surface area contributed by atoms with E-state index in [-0.39, 0.29) is 18.2 Å². The summed E-state index contributed by atoms with van der Waals surface area (Å²) in [7, 11) is 1.33. The Morgan fingerprint density at radius 3 is 2.46 bits per heavy atom. The first kappa shape index (κ1) is 23.1. The van der Waals surface area contributed by atoms with Crippen molar-refractivity contribution in [3.05, 3.63) is 116 Å². The zero-order chi connectivity index (χ0) is 24.7. The molecule has 1 heterocycles. The maximum absolute atomic E-state index is 13.5. The molecule has 0 unspecified atom stereocenters. The van der Waals surface area contributed by atoms with Gasteiger partial charge in [-0.2, -0.15) is 0 Å². The SMILES string of the molecule is COC(=O)C1=C(C)NC2=C(C(=O)c3ccccc32)[C@@H]1c1ccc(OCc2ccc(F)cc2)c(Br)c1. The van der Waals surface area contributed by atoms with E-state index in [9.17, 15) is 14.0 Å². The minimum atomic E-state index is -0.610. The fourth-order valence-electron chi connectivity index (χ4n) is 4.60. The van der Waals surface area contributed by atoms with E-state index in [1.165, 1.54) is 19.2 Å². The number of rotatable bonds is 5. The number of halogens is 2. The summed E-state index contributed by atoms with van der Waals surface area (Å²) >= 11 is 3.57. The van der Waals surface area contributed by atoms with Gasteiger partial charge in [-0.15, -0.1) is 0 Å². The van der Waals surface area contributed by atoms with E-state index < -0.39 is 11.9 Å². The van der Waals surface area contributed by atoms with Crippen LogP contribution in [0.1, 0.15) is 39.9 Å². The van der Waals surface area contributed by atoms with Crippen LogP contribution in [0, 0.1) is 5.82 Å². The summed E-state index contributed by atoms with van der Waals surface area (Å²) in [5.74, 6) is -0.940. The predicted octanol–water partition coefficient (Wildman–Crippen LogP) is 5.91. The van der Waals surface area contributed by atoms with Gasteiger partial charge in [-0.3, -0.25) is 4.79 Å². The molecule has 7 heteroatoms. The largest absolute Gasteiger partial charge is 0.488 e. The van der Waals surface area contributed by atoms with Crippen LogP contribution in [0.25, 0.3) is 5.70 Å². The summed E-state index contributed by atoms with van der Waals surface area (Å²) in [6, 6.07) is 19.0. The fourth-order valence-corrected chi connectivity index (χ4v) is 5.11. The van der Waals surface area contributed by atoms with Gasteiger partial charge in [0.1, 0.15) is 18.2 Å².